The predicted molar refractivity (Wildman–Crippen MR) is 94.3 cm³/mol. The zero-order valence-corrected chi connectivity index (χ0v) is 15.2. The van der Waals surface area contributed by atoms with Gasteiger partial charge in [-0.15, -0.1) is 0 Å². The largest absolute Gasteiger partial charge is 0.454 e. The first-order valence-electron chi connectivity index (χ1n) is 9.39. The lowest BCUT2D eigenvalue weighted by atomic mass is 9.58. The minimum absolute atomic E-state index is 0.115. The van der Waals surface area contributed by atoms with Crippen LogP contribution in [0.1, 0.15) is 41.4 Å². The summed E-state index contributed by atoms with van der Waals surface area (Å²) in [5.41, 5.74) is 4.89. The molecule has 138 valence electrons. The summed E-state index contributed by atoms with van der Waals surface area (Å²) in [4.78, 5) is 2.33. The molecule has 2 aromatic rings. The van der Waals surface area contributed by atoms with Gasteiger partial charge in [0.1, 0.15) is 6.23 Å². The lowest BCUT2D eigenvalue weighted by molar-refractivity contribution is -0.220. The molecule has 4 bridgehead atoms. The molecule has 6 aliphatic rings. The number of hydrogen-bond acceptors (Lipinski definition) is 6. The van der Waals surface area contributed by atoms with Crippen LogP contribution in [0, 0.1) is 0 Å². The van der Waals surface area contributed by atoms with Gasteiger partial charge in [0.05, 0.1) is 6.10 Å². The molecule has 0 N–H and O–H groups in total. The molecule has 2 aromatic carbocycles. The second kappa shape index (κ2) is 4.51. The fraction of sp³-hybridized carbons (Fsp3) is 0.429. The van der Waals surface area contributed by atoms with Crippen molar-refractivity contribution >= 4 is 0 Å². The molecule has 1 saturated heterocycles. The van der Waals surface area contributed by atoms with E-state index in [2.05, 4.69) is 37.1 Å². The van der Waals surface area contributed by atoms with Gasteiger partial charge in [-0.25, -0.2) is 0 Å². The Morgan fingerprint density at radius 1 is 1.00 bits per heavy atom. The third-order valence-electron chi connectivity index (χ3n) is 7.05. The van der Waals surface area contributed by atoms with Crippen molar-refractivity contribution in [1.82, 2.24) is 4.90 Å². The van der Waals surface area contributed by atoms with Gasteiger partial charge < -0.3 is 23.7 Å². The first-order chi connectivity index (χ1) is 13.2. The number of hydrogen-bond donors (Lipinski definition) is 0. The van der Waals surface area contributed by atoms with Crippen LogP contribution in [0.5, 0.6) is 23.0 Å². The second-order valence-electron chi connectivity index (χ2n) is 8.20. The lowest BCUT2D eigenvalue weighted by Crippen LogP contribution is -2.63. The highest BCUT2D eigenvalue weighted by Gasteiger charge is 2.62. The predicted octanol–water partition coefficient (Wildman–Crippen LogP) is 3.04. The van der Waals surface area contributed by atoms with Crippen LogP contribution >= 0.6 is 0 Å². The first kappa shape index (κ1) is 14.6. The van der Waals surface area contributed by atoms with Crippen molar-refractivity contribution < 1.29 is 23.7 Å². The Balaban J connectivity index is 1.49. The van der Waals surface area contributed by atoms with Gasteiger partial charge in [-0.2, -0.15) is 0 Å². The summed E-state index contributed by atoms with van der Waals surface area (Å²) >= 11 is 0. The number of likely N-dealkylation sites (N-methyl/N-ethyl adjacent to an activating group) is 1. The van der Waals surface area contributed by atoms with Gasteiger partial charge in [-0.05, 0) is 41.9 Å². The Kier molecular flexibility index (Phi) is 2.44. The molecule has 0 radical (unpaired) electrons. The molecular formula is C21H19NO5. The Morgan fingerprint density at radius 2 is 1.78 bits per heavy atom. The molecule has 6 nitrogen and oxygen atoms in total. The highest BCUT2D eigenvalue weighted by atomic mass is 16.7. The Bertz CT molecular complexity index is 1020. The van der Waals surface area contributed by atoms with Crippen LogP contribution in [0.2, 0.25) is 0 Å². The molecule has 8 rings (SSSR count). The van der Waals surface area contributed by atoms with Crippen molar-refractivity contribution in [3.05, 3.63) is 46.5 Å². The minimum Gasteiger partial charge on any atom is -0.454 e. The van der Waals surface area contributed by atoms with Crippen LogP contribution in [0.3, 0.4) is 0 Å². The van der Waals surface area contributed by atoms with Crippen molar-refractivity contribution in [3.63, 3.8) is 0 Å². The molecule has 0 aromatic heterocycles. The van der Waals surface area contributed by atoms with Crippen LogP contribution in [0.15, 0.2) is 24.3 Å². The zero-order valence-electron chi connectivity index (χ0n) is 15.2. The molecule has 6 heteroatoms. The maximum absolute atomic E-state index is 6.62. The second-order valence-corrected chi connectivity index (χ2v) is 8.20. The highest BCUT2D eigenvalue weighted by molar-refractivity contribution is 5.61. The first-order valence-corrected chi connectivity index (χ1v) is 9.39. The zero-order chi connectivity index (χ0) is 17.9. The van der Waals surface area contributed by atoms with Gasteiger partial charge in [-0.1, -0.05) is 13.0 Å². The van der Waals surface area contributed by atoms with E-state index in [0.29, 0.717) is 6.79 Å². The van der Waals surface area contributed by atoms with E-state index in [0.717, 1.165) is 35.0 Å². The Hall–Kier alpha value is -2.44. The number of ether oxygens (including phenoxy) is 5. The van der Waals surface area contributed by atoms with E-state index in [9.17, 15) is 0 Å². The van der Waals surface area contributed by atoms with E-state index < -0.39 is 0 Å². The normalized spacial score (nSPS) is 33.8. The van der Waals surface area contributed by atoms with Gasteiger partial charge in [0.2, 0.25) is 13.6 Å². The molecule has 5 aliphatic heterocycles. The molecule has 4 atom stereocenters. The van der Waals surface area contributed by atoms with Crippen molar-refractivity contribution in [2.45, 2.75) is 37.1 Å². The summed E-state index contributed by atoms with van der Waals surface area (Å²) in [7, 11) is 2.14. The number of fused-ring (bicyclic) bond motifs is 3. The Morgan fingerprint density at radius 3 is 2.67 bits per heavy atom. The van der Waals surface area contributed by atoms with Crippen LogP contribution in [0.4, 0.5) is 0 Å². The summed E-state index contributed by atoms with van der Waals surface area (Å²) in [6, 6.07) is 8.78. The summed E-state index contributed by atoms with van der Waals surface area (Å²) in [5, 5.41) is 0. The van der Waals surface area contributed by atoms with Gasteiger partial charge in [-0.3, -0.25) is 4.90 Å². The monoisotopic (exact) mass is 365 g/mol. The molecular weight excluding hydrogens is 346 g/mol. The molecule has 0 saturated carbocycles. The van der Waals surface area contributed by atoms with Crippen LogP contribution in [0.25, 0.3) is 0 Å². The van der Waals surface area contributed by atoms with Crippen molar-refractivity contribution in [1.29, 1.82) is 0 Å². The van der Waals surface area contributed by atoms with Gasteiger partial charge in [0.25, 0.3) is 0 Å². The minimum atomic E-state index is -0.166. The topological polar surface area (TPSA) is 49.4 Å². The van der Waals surface area contributed by atoms with E-state index in [1.807, 2.05) is 6.07 Å². The van der Waals surface area contributed by atoms with E-state index in [1.165, 1.54) is 16.7 Å². The van der Waals surface area contributed by atoms with Crippen molar-refractivity contribution in [3.8, 4) is 23.0 Å². The fourth-order valence-corrected chi connectivity index (χ4v) is 5.86. The molecule has 27 heavy (non-hydrogen) atoms. The van der Waals surface area contributed by atoms with E-state index >= 15 is 0 Å². The summed E-state index contributed by atoms with van der Waals surface area (Å²) in [6.07, 6.45) is 0.855. The van der Waals surface area contributed by atoms with E-state index in [-0.39, 0.29) is 30.6 Å². The van der Waals surface area contributed by atoms with Gasteiger partial charge in [0, 0.05) is 23.4 Å². The summed E-state index contributed by atoms with van der Waals surface area (Å²) < 4.78 is 29.3. The summed E-state index contributed by atoms with van der Waals surface area (Å²) in [5.74, 6) is 3.35. The Labute approximate surface area is 156 Å². The molecule has 1 fully saturated rings. The van der Waals surface area contributed by atoms with Gasteiger partial charge >= 0.3 is 0 Å². The molecule has 0 amide bonds. The highest BCUT2D eigenvalue weighted by Crippen LogP contribution is 2.64. The number of benzene rings is 2. The smallest absolute Gasteiger partial charge is 0.231 e. The van der Waals surface area contributed by atoms with Gasteiger partial charge in [0.15, 0.2) is 23.0 Å². The fourth-order valence-electron chi connectivity index (χ4n) is 5.86. The lowest BCUT2D eigenvalue weighted by Gasteiger charge is -2.62. The van der Waals surface area contributed by atoms with Crippen LogP contribution in [-0.2, 0) is 16.6 Å². The van der Waals surface area contributed by atoms with Crippen molar-refractivity contribution in [2.24, 2.45) is 0 Å². The third-order valence-corrected chi connectivity index (χ3v) is 7.05. The molecule has 1 aliphatic carbocycles. The molecule has 4 unspecified atom stereocenters. The average molecular weight is 365 g/mol. The van der Waals surface area contributed by atoms with Crippen LogP contribution < -0.4 is 18.9 Å². The quantitative estimate of drug-likeness (QED) is 0.715. The number of nitrogens with zero attached hydrogens (tertiary/aromatic N) is 1. The summed E-state index contributed by atoms with van der Waals surface area (Å²) in [6.45, 7) is 2.89. The average Bonchev–Trinajstić information content (AvgIpc) is 3.30. The number of rotatable bonds is 0. The van der Waals surface area contributed by atoms with Crippen molar-refractivity contribution in [2.75, 3.05) is 20.6 Å². The standard InChI is InChI=1S/C21H19NO5/c1-21-12-3-4-13-18(26-9-23-13)17(12)20-22(2)19(21)11-7-15-14(24-8-25-15)5-10(11)6-16(21)27-20/h3-5,7,16,19-20H,6,8-9H2,1-2H3. The third kappa shape index (κ3) is 1.53. The maximum atomic E-state index is 6.62. The van der Waals surface area contributed by atoms with Crippen LogP contribution in [-0.4, -0.2) is 31.6 Å². The van der Waals surface area contributed by atoms with E-state index in [4.69, 9.17) is 23.7 Å². The maximum Gasteiger partial charge on any atom is 0.231 e. The SMILES string of the molecule is CN1C2OC3Cc4cc5c(cc4C1C3(C)c1ccc3c(c12)OCO3)OCO5. The van der Waals surface area contributed by atoms with E-state index in [1.54, 1.807) is 0 Å². The molecule has 0 spiro atoms. The molecule has 5 heterocycles.